The van der Waals surface area contributed by atoms with Gasteiger partial charge in [0.05, 0.1) is 0 Å². The molecule has 0 unspecified atom stereocenters. The van der Waals surface area contributed by atoms with E-state index in [4.69, 9.17) is 5.73 Å². The molecule has 1 fully saturated rings. The first kappa shape index (κ1) is 13.7. The minimum absolute atomic E-state index is 0.367. The summed E-state index contributed by atoms with van der Waals surface area (Å²) in [7, 11) is 0. The van der Waals surface area contributed by atoms with Gasteiger partial charge in [-0.1, -0.05) is 12.1 Å². The van der Waals surface area contributed by atoms with Crippen molar-refractivity contribution in [2.24, 2.45) is 5.73 Å². The van der Waals surface area contributed by atoms with Crippen LogP contribution in [0.4, 0.5) is 0 Å². The van der Waals surface area contributed by atoms with E-state index < -0.39 is 0 Å². The molecule has 0 saturated carbocycles. The normalized spacial score (nSPS) is 16.2. The topological polar surface area (TPSA) is 72.2 Å². The van der Waals surface area contributed by atoms with Crippen LogP contribution in [0.1, 0.15) is 46.7 Å². The molecule has 1 aromatic rings. The number of amides is 1. The van der Waals surface area contributed by atoms with E-state index >= 15 is 0 Å². The number of benzene rings is 1. The minimum atomic E-state index is -0.374. The molecule has 4 heteroatoms. The summed E-state index contributed by atoms with van der Waals surface area (Å²) in [5.74, 6) is -0.00640. The third-order valence-electron chi connectivity index (χ3n) is 3.74. The molecular formula is C15H20N2O2. The van der Waals surface area contributed by atoms with Gasteiger partial charge in [-0.05, 0) is 55.5 Å². The maximum Gasteiger partial charge on any atom is 0.248 e. The monoisotopic (exact) mass is 260 g/mol. The van der Waals surface area contributed by atoms with Gasteiger partial charge in [0.25, 0.3) is 0 Å². The molecule has 4 nitrogen and oxygen atoms in total. The third kappa shape index (κ3) is 3.20. The van der Waals surface area contributed by atoms with E-state index in [1.54, 1.807) is 6.07 Å². The number of carbonyl (C=O) groups excluding carboxylic acids is 2. The van der Waals surface area contributed by atoms with Gasteiger partial charge in [-0.15, -0.1) is 0 Å². The Morgan fingerprint density at radius 1 is 1.37 bits per heavy atom. The fourth-order valence-electron chi connectivity index (χ4n) is 2.85. The average Bonchev–Trinajstić information content (AvgIpc) is 2.45. The lowest BCUT2D eigenvalue weighted by molar-refractivity contribution is -0.107. The van der Waals surface area contributed by atoms with Crippen molar-refractivity contribution in [3.05, 3.63) is 34.9 Å². The second-order valence-electron chi connectivity index (χ2n) is 4.97. The number of carbonyl (C=O) groups is 2. The molecule has 0 atom stereocenters. The molecule has 19 heavy (non-hydrogen) atoms. The van der Waals surface area contributed by atoms with Crippen molar-refractivity contribution in [1.82, 2.24) is 5.32 Å². The zero-order chi connectivity index (χ0) is 13.7. The van der Waals surface area contributed by atoms with Gasteiger partial charge in [0, 0.05) is 12.0 Å². The highest BCUT2D eigenvalue weighted by atomic mass is 16.1. The molecule has 0 aliphatic carbocycles. The van der Waals surface area contributed by atoms with Crippen LogP contribution >= 0.6 is 0 Å². The highest BCUT2D eigenvalue weighted by molar-refractivity contribution is 5.95. The van der Waals surface area contributed by atoms with Gasteiger partial charge in [0.1, 0.15) is 6.29 Å². The molecule has 1 aliphatic heterocycles. The number of nitrogens with one attached hydrogen (secondary N) is 1. The molecule has 1 heterocycles. The molecule has 2 rings (SSSR count). The fourth-order valence-corrected chi connectivity index (χ4v) is 2.85. The van der Waals surface area contributed by atoms with Crippen LogP contribution in [0.3, 0.4) is 0 Å². The predicted molar refractivity (Wildman–Crippen MR) is 74.2 cm³/mol. The molecule has 0 spiro atoms. The maximum absolute atomic E-state index is 11.6. The van der Waals surface area contributed by atoms with Gasteiger partial charge in [-0.3, -0.25) is 4.79 Å². The van der Waals surface area contributed by atoms with Crippen LogP contribution in [-0.4, -0.2) is 25.3 Å². The molecule has 102 valence electrons. The van der Waals surface area contributed by atoms with Gasteiger partial charge in [-0.25, -0.2) is 0 Å². The van der Waals surface area contributed by atoms with Crippen LogP contribution in [0.5, 0.6) is 0 Å². The minimum Gasteiger partial charge on any atom is -0.366 e. The van der Waals surface area contributed by atoms with Crippen LogP contribution in [0.25, 0.3) is 0 Å². The number of aryl methyl sites for hydroxylation is 1. The number of nitrogens with two attached hydrogens (primary N) is 1. The summed E-state index contributed by atoms with van der Waals surface area (Å²) in [4.78, 5) is 22.2. The van der Waals surface area contributed by atoms with Crippen molar-refractivity contribution in [1.29, 1.82) is 0 Å². The Labute approximate surface area is 113 Å². The second-order valence-corrected chi connectivity index (χ2v) is 4.97. The van der Waals surface area contributed by atoms with Crippen molar-refractivity contribution in [3.8, 4) is 0 Å². The Bertz CT molecular complexity index is 465. The number of rotatable bonds is 5. The van der Waals surface area contributed by atoms with Crippen molar-refractivity contribution >= 4 is 12.2 Å². The number of piperidine rings is 1. The SMILES string of the molecule is NC(=O)c1cccc(CCC=O)c1C1CCNCC1. The lowest BCUT2D eigenvalue weighted by Gasteiger charge is -2.26. The molecule has 3 N–H and O–H groups in total. The Balaban J connectivity index is 2.38. The van der Waals surface area contributed by atoms with Crippen LogP contribution < -0.4 is 11.1 Å². The van der Waals surface area contributed by atoms with E-state index in [9.17, 15) is 9.59 Å². The second kappa shape index (κ2) is 6.48. The van der Waals surface area contributed by atoms with Crippen molar-refractivity contribution in [2.45, 2.75) is 31.6 Å². The average molecular weight is 260 g/mol. The zero-order valence-electron chi connectivity index (χ0n) is 11.0. The van der Waals surface area contributed by atoms with E-state index in [0.29, 0.717) is 24.3 Å². The Hall–Kier alpha value is -1.68. The summed E-state index contributed by atoms with van der Waals surface area (Å²) in [5.41, 5.74) is 8.28. The molecule has 0 radical (unpaired) electrons. The van der Waals surface area contributed by atoms with Gasteiger partial charge in [-0.2, -0.15) is 0 Å². The van der Waals surface area contributed by atoms with E-state index in [1.165, 1.54) is 0 Å². The van der Waals surface area contributed by atoms with Crippen molar-refractivity contribution < 1.29 is 9.59 Å². The number of hydrogen-bond acceptors (Lipinski definition) is 3. The van der Waals surface area contributed by atoms with Crippen LogP contribution in [-0.2, 0) is 11.2 Å². The largest absolute Gasteiger partial charge is 0.366 e. The van der Waals surface area contributed by atoms with E-state index in [2.05, 4.69) is 5.32 Å². The first-order valence-electron chi connectivity index (χ1n) is 6.80. The maximum atomic E-state index is 11.6. The van der Waals surface area contributed by atoms with E-state index in [-0.39, 0.29) is 5.91 Å². The summed E-state index contributed by atoms with van der Waals surface area (Å²) in [6, 6.07) is 5.65. The predicted octanol–water partition coefficient (Wildman–Crippen LogP) is 1.38. The van der Waals surface area contributed by atoms with Crippen LogP contribution in [0.2, 0.25) is 0 Å². The smallest absolute Gasteiger partial charge is 0.248 e. The van der Waals surface area contributed by atoms with Gasteiger partial charge in [0.2, 0.25) is 5.91 Å². The Morgan fingerprint density at radius 2 is 2.11 bits per heavy atom. The molecule has 1 saturated heterocycles. The summed E-state index contributed by atoms with van der Waals surface area (Å²) >= 11 is 0. The zero-order valence-corrected chi connectivity index (χ0v) is 11.0. The van der Waals surface area contributed by atoms with Crippen LogP contribution in [0.15, 0.2) is 18.2 Å². The highest BCUT2D eigenvalue weighted by Gasteiger charge is 2.22. The quantitative estimate of drug-likeness (QED) is 0.786. The standard InChI is InChI=1S/C15H20N2O2/c16-15(19)13-5-1-3-11(4-2-10-18)14(13)12-6-8-17-9-7-12/h1,3,5,10,12,17H,2,4,6-9H2,(H2,16,19). The number of primary amides is 1. The first-order chi connectivity index (χ1) is 9.24. The lowest BCUT2D eigenvalue weighted by Crippen LogP contribution is -2.28. The molecule has 1 amide bonds. The molecular weight excluding hydrogens is 240 g/mol. The summed E-state index contributed by atoms with van der Waals surface area (Å²) in [6.45, 7) is 1.93. The van der Waals surface area contributed by atoms with E-state index in [1.807, 2.05) is 12.1 Å². The molecule has 1 aromatic carbocycles. The van der Waals surface area contributed by atoms with Crippen molar-refractivity contribution in [3.63, 3.8) is 0 Å². The van der Waals surface area contributed by atoms with Crippen LogP contribution in [0, 0.1) is 0 Å². The molecule has 0 bridgehead atoms. The Morgan fingerprint density at radius 3 is 2.74 bits per heavy atom. The summed E-state index contributed by atoms with van der Waals surface area (Å²) < 4.78 is 0. The van der Waals surface area contributed by atoms with Crippen molar-refractivity contribution in [2.75, 3.05) is 13.1 Å². The third-order valence-corrected chi connectivity index (χ3v) is 3.74. The first-order valence-corrected chi connectivity index (χ1v) is 6.80. The molecule has 1 aliphatic rings. The number of aldehydes is 1. The Kier molecular flexibility index (Phi) is 4.68. The van der Waals surface area contributed by atoms with E-state index in [0.717, 1.165) is 43.3 Å². The lowest BCUT2D eigenvalue weighted by atomic mass is 9.82. The highest BCUT2D eigenvalue weighted by Crippen LogP contribution is 2.31. The summed E-state index contributed by atoms with van der Waals surface area (Å²) in [6.07, 6.45) is 4.12. The summed E-state index contributed by atoms with van der Waals surface area (Å²) in [5, 5.41) is 3.32. The number of hydrogen-bond donors (Lipinski definition) is 2. The fraction of sp³-hybridized carbons (Fsp3) is 0.467. The van der Waals surface area contributed by atoms with Gasteiger partial charge < -0.3 is 15.8 Å². The molecule has 0 aromatic heterocycles. The van der Waals surface area contributed by atoms with Gasteiger partial charge >= 0.3 is 0 Å². The van der Waals surface area contributed by atoms with Gasteiger partial charge in [0.15, 0.2) is 0 Å².